The summed E-state index contributed by atoms with van der Waals surface area (Å²) >= 11 is 0. The minimum atomic E-state index is -1.81. The number of esters is 1. The third kappa shape index (κ3) is 9.40. The van der Waals surface area contributed by atoms with Crippen LogP contribution < -0.4 is 0 Å². The molecule has 75 heavy (non-hydrogen) atoms. The van der Waals surface area contributed by atoms with Crippen molar-refractivity contribution in [3.8, 4) is 0 Å². The molecule has 0 aromatic carbocycles. The molecular weight excluding hydrogens is 989 g/mol. The summed E-state index contributed by atoms with van der Waals surface area (Å²) in [5.74, 6) is -0.578. The molecule has 4 saturated carbocycles. The molecule has 4 aliphatic heterocycles. The van der Waals surface area contributed by atoms with Crippen molar-refractivity contribution in [1.29, 1.82) is 0 Å². The second kappa shape index (κ2) is 21.1. The molecule has 28 atom stereocenters. The number of aliphatic hydroxyl groups excluding tert-OH is 13. The predicted octanol–water partition coefficient (Wildman–Crippen LogP) is -1.40. The Bertz CT molecular complexity index is 2060. The summed E-state index contributed by atoms with van der Waals surface area (Å²) in [5.41, 5.74) is -1.45. The van der Waals surface area contributed by atoms with Gasteiger partial charge in [0, 0.05) is 5.41 Å². The molecule has 0 amide bonds. The molecule has 9 aliphatic rings. The van der Waals surface area contributed by atoms with Gasteiger partial charge in [-0.15, -0.1) is 0 Å². The zero-order chi connectivity index (χ0) is 54.7. The van der Waals surface area contributed by atoms with Crippen LogP contribution in [0.3, 0.4) is 0 Å². The zero-order valence-corrected chi connectivity index (χ0v) is 44.2. The van der Waals surface area contributed by atoms with Gasteiger partial charge in [-0.05, 0) is 111 Å². The number of fused-ring (bicyclic) bond motifs is 7. The molecule has 8 fully saturated rings. The first-order chi connectivity index (χ1) is 35.2. The third-order valence-corrected chi connectivity index (χ3v) is 21.2. The quantitative estimate of drug-likeness (QED) is 0.0643. The molecule has 0 unspecified atom stereocenters. The van der Waals surface area contributed by atoms with Crippen molar-refractivity contribution in [2.45, 2.75) is 235 Å². The molecule has 0 aromatic rings. The van der Waals surface area contributed by atoms with E-state index in [0.29, 0.717) is 25.7 Å². The molecule has 0 bridgehead atoms. The lowest BCUT2D eigenvalue weighted by Gasteiger charge is -2.71. The van der Waals surface area contributed by atoms with Gasteiger partial charge in [-0.25, -0.2) is 0 Å². The van der Waals surface area contributed by atoms with E-state index in [2.05, 4.69) is 40.7 Å². The van der Waals surface area contributed by atoms with E-state index in [1.807, 2.05) is 6.92 Å². The Morgan fingerprint density at radius 2 is 1.23 bits per heavy atom. The van der Waals surface area contributed by atoms with Gasteiger partial charge >= 0.3 is 5.97 Å². The van der Waals surface area contributed by atoms with E-state index in [1.54, 1.807) is 0 Å². The molecule has 22 heteroatoms. The van der Waals surface area contributed by atoms with Crippen molar-refractivity contribution in [2.75, 3.05) is 26.4 Å². The Balaban J connectivity index is 0.899. The van der Waals surface area contributed by atoms with Crippen LogP contribution in [0, 0.1) is 50.2 Å². The number of aliphatic hydroxyl groups is 13. The first-order valence-electron chi connectivity index (χ1n) is 27.3. The fourth-order valence-electron chi connectivity index (χ4n) is 16.2. The maximum atomic E-state index is 14.7. The zero-order valence-electron chi connectivity index (χ0n) is 44.2. The summed E-state index contributed by atoms with van der Waals surface area (Å²) < 4.78 is 47.5. The van der Waals surface area contributed by atoms with Gasteiger partial charge in [0.2, 0.25) is 6.29 Å². The van der Waals surface area contributed by atoms with Crippen molar-refractivity contribution in [2.24, 2.45) is 50.2 Å². The average molecular weight is 1080 g/mol. The van der Waals surface area contributed by atoms with Crippen LogP contribution in [0.25, 0.3) is 0 Å². The monoisotopic (exact) mass is 1070 g/mol. The minimum absolute atomic E-state index is 0.0439. The molecule has 0 aromatic heterocycles. The number of carbonyl (C=O) groups is 1. The van der Waals surface area contributed by atoms with E-state index in [4.69, 9.17) is 37.9 Å². The minimum Gasteiger partial charge on any atom is -0.432 e. The van der Waals surface area contributed by atoms with Gasteiger partial charge in [0.25, 0.3) is 0 Å². The van der Waals surface area contributed by atoms with Crippen molar-refractivity contribution in [1.82, 2.24) is 0 Å². The molecule has 9 rings (SSSR count). The van der Waals surface area contributed by atoms with Crippen molar-refractivity contribution in [3.63, 3.8) is 0 Å². The van der Waals surface area contributed by atoms with Gasteiger partial charge in [0.15, 0.2) is 18.9 Å². The average Bonchev–Trinajstić information content (AvgIpc) is 3.39. The van der Waals surface area contributed by atoms with E-state index in [0.717, 1.165) is 38.5 Å². The third-order valence-electron chi connectivity index (χ3n) is 21.2. The maximum Gasteiger partial charge on any atom is 0.315 e. The molecule has 13 N–H and O–H groups in total. The van der Waals surface area contributed by atoms with E-state index in [1.165, 1.54) is 12.5 Å². The summed E-state index contributed by atoms with van der Waals surface area (Å²) in [6, 6.07) is 0. The highest BCUT2D eigenvalue weighted by molar-refractivity contribution is 5.79. The standard InChI is InChI=1S/C53H86O22/c1-23-32(57)36(61)40(65)44(69-23)74-42-38(63)34(59)27(20-55)71-46(42)72-28-21-68-43(39(64)35(28)60)73-31-11-12-49(4)29(50(31,5)22-56)10-13-52(7)30(49)9-8-24-25-18-48(2,3)14-16-53(25,17-15-51(24,52)6)47(67)75-45-41(66)37(62)33(58)26(19-54)70-45/h8,23,25-46,54-66H,9-22H2,1-7H3/t23-,25+,26-,27-,28-,29+,30+,31-,32-,33-,34-,35+,36+,37+,38+,39-,40-,41-,42-,43+,44+,45+,46+,49-,50-,51+,52+,53+/m0/s1. The number of allylic oxidation sites excluding steroid dienone is 2. The van der Waals surface area contributed by atoms with E-state index in [9.17, 15) is 71.2 Å². The Morgan fingerprint density at radius 1 is 0.613 bits per heavy atom. The maximum absolute atomic E-state index is 14.7. The Morgan fingerprint density at radius 3 is 1.89 bits per heavy atom. The molecule has 430 valence electrons. The van der Waals surface area contributed by atoms with Crippen LogP contribution in [-0.4, -0.2) is 222 Å². The summed E-state index contributed by atoms with van der Waals surface area (Å²) in [7, 11) is 0. The van der Waals surface area contributed by atoms with Crippen LogP contribution in [0.5, 0.6) is 0 Å². The largest absolute Gasteiger partial charge is 0.432 e. The van der Waals surface area contributed by atoms with Gasteiger partial charge in [-0.3, -0.25) is 4.79 Å². The smallest absolute Gasteiger partial charge is 0.315 e. The van der Waals surface area contributed by atoms with Crippen LogP contribution in [0.15, 0.2) is 11.6 Å². The lowest BCUT2D eigenvalue weighted by Crippen LogP contribution is -2.67. The number of ether oxygens (including phenoxy) is 8. The van der Waals surface area contributed by atoms with E-state index >= 15 is 0 Å². The van der Waals surface area contributed by atoms with Crippen LogP contribution >= 0.6 is 0 Å². The topological polar surface area (TPSA) is 354 Å². The Hall–Kier alpha value is -1.59. The van der Waals surface area contributed by atoms with Gasteiger partial charge in [-0.2, -0.15) is 0 Å². The Labute approximate surface area is 437 Å². The summed E-state index contributed by atoms with van der Waals surface area (Å²) in [6.45, 7) is 13.0. The SMILES string of the molecule is C[C@@H]1O[C@H](O[C@@H]2[C@@H](O[C@H]3CO[C@H](O[C@H]4CC[C@@]5(C)[C@@H](CC[C@]6(C)[C@@H]5CC=C5[C@H]7CC(C)(C)CC[C@@]7(C(=O)O[C@H]7O[C@@H](CO)[C@H](O)[C@@H](O)[C@@H]7O)CC[C@]56C)[C@]4(C)CO)[C@@H](O)[C@@H]3O)O[C@@H](CO)[C@H](O)[C@H]2O)[C@@H](O)[C@H](O)[C@H]1O. The van der Waals surface area contributed by atoms with Crippen LogP contribution in [0.4, 0.5) is 0 Å². The Kier molecular flexibility index (Phi) is 16.3. The highest BCUT2D eigenvalue weighted by Gasteiger charge is 2.71. The van der Waals surface area contributed by atoms with E-state index in [-0.39, 0.29) is 52.6 Å². The second-order valence-corrected chi connectivity index (χ2v) is 25.6. The number of rotatable bonds is 11. The van der Waals surface area contributed by atoms with Gasteiger partial charge < -0.3 is 104 Å². The fraction of sp³-hybridized carbons (Fsp3) is 0.943. The van der Waals surface area contributed by atoms with Gasteiger partial charge in [-0.1, -0.05) is 53.2 Å². The molecule has 4 saturated heterocycles. The van der Waals surface area contributed by atoms with Crippen molar-refractivity contribution >= 4 is 5.97 Å². The molecule has 0 spiro atoms. The molecule has 5 aliphatic carbocycles. The van der Waals surface area contributed by atoms with Crippen LogP contribution in [-0.2, 0) is 42.7 Å². The van der Waals surface area contributed by atoms with E-state index < -0.39 is 153 Å². The summed E-state index contributed by atoms with van der Waals surface area (Å²) in [5, 5.41) is 139. The highest BCUT2D eigenvalue weighted by atomic mass is 16.8. The number of hydrogen-bond acceptors (Lipinski definition) is 22. The van der Waals surface area contributed by atoms with Crippen molar-refractivity contribution < 1.29 is 109 Å². The lowest BCUT2D eigenvalue weighted by atomic mass is 9.33. The molecule has 0 radical (unpaired) electrons. The van der Waals surface area contributed by atoms with Crippen LogP contribution in [0.2, 0.25) is 0 Å². The lowest BCUT2D eigenvalue weighted by molar-refractivity contribution is -0.382. The summed E-state index contributed by atoms with van der Waals surface area (Å²) in [6.07, 6.45) is -21.1. The normalized spacial score (nSPS) is 54.8. The summed E-state index contributed by atoms with van der Waals surface area (Å²) in [4.78, 5) is 14.7. The van der Waals surface area contributed by atoms with Crippen LogP contribution in [0.1, 0.15) is 113 Å². The number of carbonyl (C=O) groups excluding carboxylic acids is 1. The fourth-order valence-corrected chi connectivity index (χ4v) is 16.2. The van der Waals surface area contributed by atoms with Gasteiger partial charge in [0.1, 0.15) is 85.5 Å². The number of hydrogen-bond donors (Lipinski definition) is 13. The van der Waals surface area contributed by atoms with Crippen molar-refractivity contribution in [3.05, 3.63) is 11.6 Å². The first kappa shape index (κ1) is 58.1. The second-order valence-electron chi connectivity index (χ2n) is 25.6. The molecule has 4 heterocycles. The predicted molar refractivity (Wildman–Crippen MR) is 257 cm³/mol. The molecular formula is C53H86O22. The molecule has 22 nitrogen and oxygen atoms in total. The van der Waals surface area contributed by atoms with Gasteiger partial charge in [0.05, 0.1) is 44.1 Å². The first-order valence-corrected chi connectivity index (χ1v) is 27.3. The highest BCUT2D eigenvalue weighted by Crippen LogP contribution is 2.76.